The Labute approximate surface area is 210 Å². The molecule has 6 rings (SSSR count). The SMILES string of the molecule is COc1cc(/C=N\N2C(=O)[C@H]3[C@H](C2=O)[C@H]2C=C[C@H]3CC2)cc(I)c1OCc1ccc(Cl)cc1. The molecular weight excluding hydrogens is 555 g/mol. The van der Waals surface area contributed by atoms with Gasteiger partial charge in [0.25, 0.3) is 11.8 Å². The number of allylic oxidation sites excluding steroid dienone is 2. The Hall–Kier alpha value is -2.39. The number of carbonyl (C=O) groups is 2. The van der Waals surface area contributed by atoms with Crippen LogP contribution in [0.15, 0.2) is 53.7 Å². The zero-order chi connectivity index (χ0) is 23.1. The number of ether oxygens (including phenoxy) is 2. The minimum absolute atomic E-state index is 0.148. The molecule has 2 amide bonds. The summed E-state index contributed by atoms with van der Waals surface area (Å²) < 4.78 is 12.4. The number of imide groups is 1. The summed E-state index contributed by atoms with van der Waals surface area (Å²) in [4.78, 5) is 25.9. The molecule has 6 nitrogen and oxygen atoms in total. The van der Waals surface area contributed by atoms with Crippen molar-refractivity contribution < 1.29 is 19.1 Å². The molecule has 0 unspecified atom stereocenters. The van der Waals surface area contributed by atoms with Crippen molar-refractivity contribution in [2.45, 2.75) is 19.4 Å². The molecule has 0 N–H and O–H groups in total. The van der Waals surface area contributed by atoms with Crippen LogP contribution in [-0.4, -0.2) is 30.1 Å². The summed E-state index contributed by atoms with van der Waals surface area (Å²) in [6.07, 6.45) is 7.67. The molecule has 4 atom stereocenters. The van der Waals surface area contributed by atoms with Crippen LogP contribution in [0.2, 0.25) is 5.02 Å². The molecule has 3 aliphatic carbocycles. The van der Waals surface area contributed by atoms with Gasteiger partial charge in [-0.1, -0.05) is 35.9 Å². The van der Waals surface area contributed by atoms with Crippen molar-refractivity contribution in [3.05, 3.63) is 68.3 Å². The van der Waals surface area contributed by atoms with Gasteiger partial charge in [-0.3, -0.25) is 9.59 Å². The Bertz CT molecular complexity index is 1130. The van der Waals surface area contributed by atoms with Gasteiger partial charge in [0, 0.05) is 5.02 Å². The predicted molar refractivity (Wildman–Crippen MR) is 133 cm³/mol. The molecule has 1 saturated carbocycles. The van der Waals surface area contributed by atoms with Crippen LogP contribution in [0.4, 0.5) is 0 Å². The number of hydrogen-bond donors (Lipinski definition) is 0. The Morgan fingerprint density at radius 1 is 1.09 bits per heavy atom. The van der Waals surface area contributed by atoms with E-state index in [1.54, 1.807) is 13.2 Å². The van der Waals surface area contributed by atoms with Gasteiger partial charge in [-0.15, -0.1) is 0 Å². The van der Waals surface area contributed by atoms with Gasteiger partial charge in [-0.05, 0) is 82.7 Å². The van der Waals surface area contributed by atoms with Gasteiger partial charge in [0.15, 0.2) is 11.5 Å². The summed E-state index contributed by atoms with van der Waals surface area (Å²) in [5, 5.41) is 6.03. The first-order valence-electron chi connectivity index (χ1n) is 10.8. The Morgan fingerprint density at radius 2 is 1.73 bits per heavy atom. The van der Waals surface area contributed by atoms with Crippen LogP contribution >= 0.6 is 34.2 Å². The molecule has 2 aromatic carbocycles. The molecule has 1 saturated heterocycles. The van der Waals surface area contributed by atoms with Crippen molar-refractivity contribution in [1.82, 2.24) is 5.01 Å². The number of rotatable bonds is 6. The van der Waals surface area contributed by atoms with Gasteiger partial charge in [-0.2, -0.15) is 10.1 Å². The average molecular weight is 577 g/mol. The van der Waals surface area contributed by atoms with Gasteiger partial charge in [-0.25, -0.2) is 0 Å². The number of nitrogens with zero attached hydrogens (tertiary/aromatic N) is 2. The predicted octanol–water partition coefficient (Wildman–Crippen LogP) is 5.06. The van der Waals surface area contributed by atoms with Gasteiger partial charge in [0.2, 0.25) is 0 Å². The van der Waals surface area contributed by atoms with Crippen LogP contribution in [0.3, 0.4) is 0 Å². The van der Waals surface area contributed by atoms with E-state index in [1.807, 2.05) is 30.3 Å². The second-order valence-electron chi connectivity index (χ2n) is 8.52. The topological polar surface area (TPSA) is 68.2 Å². The number of fused-ring (bicyclic) bond motifs is 1. The molecule has 33 heavy (non-hydrogen) atoms. The van der Waals surface area contributed by atoms with Crippen molar-refractivity contribution in [1.29, 1.82) is 0 Å². The number of carbonyl (C=O) groups excluding carboxylic acids is 2. The molecule has 1 aliphatic heterocycles. The van der Waals surface area contributed by atoms with E-state index in [1.165, 1.54) is 6.21 Å². The maximum absolute atomic E-state index is 12.9. The zero-order valence-electron chi connectivity index (χ0n) is 17.9. The minimum Gasteiger partial charge on any atom is -0.493 e. The quantitative estimate of drug-likeness (QED) is 0.209. The third kappa shape index (κ3) is 4.17. The van der Waals surface area contributed by atoms with E-state index in [-0.39, 0.29) is 35.5 Å². The van der Waals surface area contributed by atoms with Gasteiger partial charge in [0.1, 0.15) is 6.61 Å². The fraction of sp³-hybridized carbons (Fsp3) is 0.320. The minimum atomic E-state index is -0.267. The summed E-state index contributed by atoms with van der Waals surface area (Å²) in [6, 6.07) is 11.1. The first kappa shape index (κ1) is 22.4. The van der Waals surface area contributed by atoms with Crippen molar-refractivity contribution in [2.24, 2.45) is 28.8 Å². The second kappa shape index (κ2) is 9.10. The second-order valence-corrected chi connectivity index (χ2v) is 10.1. The van der Waals surface area contributed by atoms with E-state index in [4.69, 9.17) is 21.1 Å². The first-order valence-corrected chi connectivity index (χ1v) is 12.3. The van der Waals surface area contributed by atoms with Crippen molar-refractivity contribution in [3.8, 4) is 11.5 Å². The average Bonchev–Trinajstić information content (AvgIpc) is 3.10. The van der Waals surface area contributed by atoms with E-state index < -0.39 is 0 Å². The van der Waals surface area contributed by atoms with Gasteiger partial charge < -0.3 is 9.47 Å². The zero-order valence-corrected chi connectivity index (χ0v) is 20.8. The Kier molecular flexibility index (Phi) is 6.18. The van der Waals surface area contributed by atoms with Crippen molar-refractivity contribution in [2.75, 3.05) is 7.11 Å². The lowest BCUT2D eigenvalue weighted by atomic mass is 9.63. The molecule has 2 fully saturated rings. The van der Waals surface area contributed by atoms with Crippen LogP contribution in [0, 0.1) is 27.2 Å². The van der Waals surface area contributed by atoms with Gasteiger partial charge in [0.05, 0.1) is 28.7 Å². The van der Waals surface area contributed by atoms with Crippen LogP contribution in [0.25, 0.3) is 0 Å². The van der Waals surface area contributed by atoms with E-state index >= 15 is 0 Å². The molecule has 170 valence electrons. The molecule has 2 bridgehead atoms. The molecule has 1 heterocycles. The number of halogens is 2. The third-order valence-corrected chi connectivity index (χ3v) is 7.66. The largest absolute Gasteiger partial charge is 0.493 e. The maximum atomic E-state index is 12.9. The van der Waals surface area contributed by atoms with Crippen molar-refractivity contribution in [3.63, 3.8) is 0 Å². The van der Waals surface area contributed by atoms with E-state index in [9.17, 15) is 9.59 Å². The first-order chi connectivity index (χ1) is 16.0. The summed E-state index contributed by atoms with van der Waals surface area (Å²) in [5.74, 6) is 0.548. The highest BCUT2D eigenvalue weighted by molar-refractivity contribution is 14.1. The van der Waals surface area contributed by atoms with Crippen molar-refractivity contribution >= 4 is 52.2 Å². The smallest absolute Gasteiger partial charge is 0.254 e. The van der Waals surface area contributed by atoms with E-state index in [0.29, 0.717) is 28.7 Å². The molecule has 2 aromatic rings. The number of amides is 2. The number of hydrazone groups is 1. The summed E-state index contributed by atoms with van der Waals surface area (Å²) >= 11 is 8.12. The lowest BCUT2D eigenvalue weighted by Gasteiger charge is -2.37. The van der Waals surface area contributed by atoms with E-state index in [0.717, 1.165) is 27.0 Å². The maximum Gasteiger partial charge on any atom is 0.254 e. The lowest BCUT2D eigenvalue weighted by molar-refractivity contribution is -0.140. The van der Waals surface area contributed by atoms with Crippen LogP contribution < -0.4 is 9.47 Å². The Balaban J connectivity index is 1.34. The highest BCUT2D eigenvalue weighted by atomic mass is 127. The number of hydrogen-bond acceptors (Lipinski definition) is 5. The molecule has 8 heteroatoms. The van der Waals surface area contributed by atoms with E-state index in [2.05, 4.69) is 39.8 Å². The number of methoxy groups -OCH3 is 1. The lowest BCUT2D eigenvalue weighted by Crippen LogP contribution is -2.38. The molecule has 0 aromatic heterocycles. The monoisotopic (exact) mass is 576 g/mol. The third-order valence-electron chi connectivity index (χ3n) is 6.61. The summed E-state index contributed by atoms with van der Waals surface area (Å²) in [7, 11) is 1.57. The highest BCUT2D eigenvalue weighted by Gasteiger charge is 2.56. The van der Waals surface area contributed by atoms with Crippen LogP contribution in [-0.2, 0) is 16.2 Å². The van der Waals surface area contributed by atoms with Crippen LogP contribution in [0.1, 0.15) is 24.0 Å². The molecule has 4 aliphatic rings. The summed E-state index contributed by atoms with van der Waals surface area (Å²) in [5.41, 5.74) is 1.70. The molecular formula is C25H22ClIN2O4. The normalized spacial score (nSPS) is 25.7. The molecule has 0 spiro atoms. The van der Waals surface area contributed by atoms with Gasteiger partial charge >= 0.3 is 0 Å². The molecule has 0 radical (unpaired) electrons. The number of benzene rings is 2. The fourth-order valence-corrected chi connectivity index (χ4v) is 5.89. The van der Waals surface area contributed by atoms with Crippen LogP contribution in [0.5, 0.6) is 11.5 Å². The Morgan fingerprint density at radius 3 is 2.30 bits per heavy atom. The highest BCUT2D eigenvalue weighted by Crippen LogP contribution is 2.49. The fourth-order valence-electron chi connectivity index (χ4n) is 4.99. The standard InChI is InChI=1S/C25H22ClIN2O4/c1-32-20-11-15(10-19(27)23(20)33-13-14-2-8-18(26)9-3-14)12-28-29-24(30)21-16-4-5-17(7-6-16)22(21)25(29)31/h2-5,8-12,16-17,21-22H,6-7,13H2,1H3/b28-12-/t16-,17-,21+,22+/m0/s1. The summed E-state index contributed by atoms with van der Waals surface area (Å²) in [6.45, 7) is 0.368.